The molecule has 6 heteroatoms. The summed E-state index contributed by atoms with van der Waals surface area (Å²) in [6.45, 7) is 2.40. The number of amides is 1. The zero-order valence-corrected chi connectivity index (χ0v) is 24.7. The number of ether oxygens (including phenoxy) is 1. The second kappa shape index (κ2) is 14.4. The standard InChI is InChI=1S/C38H33N3O3/c1-3-40(2)38(43)36(44-28-39-35-22-14-13-21-34(35)37(42)30-15-7-4-8-16-30)27-29-23-25-33(26-24-29)41(31-17-9-5-10-18-31)32-19-11-6-12-20-32/h4-28H,3H2,1-2H3/b36-27+,39-28-. The molecule has 0 heterocycles. The van der Waals surface area contributed by atoms with Crippen LogP contribution in [0.1, 0.15) is 28.4 Å². The van der Waals surface area contributed by atoms with Gasteiger partial charge in [-0.25, -0.2) is 4.99 Å². The number of carbonyl (C=O) groups excluding carboxylic acids is 2. The molecular formula is C38H33N3O3. The minimum Gasteiger partial charge on any atom is -0.440 e. The van der Waals surface area contributed by atoms with Gasteiger partial charge in [0.2, 0.25) is 0 Å². The summed E-state index contributed by atoms with van der Waals surface area (Å²) in [6, 6.07) is 44.3. The van der Waals surface area contributed by atoms with Crippen molar-refractivity contribution in [2.45, 2.75) is 6.92 Å². The third-order valence-electron chi connectivity index (χ3n) is 7.07. The molecule has 0 unspecified atom stereocenters. The third kappa shape index (κ3) is 7.17. The highest BCUT2D eigenvalue weighted by molar-refractivity contribution is 6.12. The molecule has 5 aromatic carbocycles. The fraction of sp³-hybridized carbons (Fsp3) is 0.0789. The van der Waals surface area contributed by atoms with Crippen LogP contribution in [-0.4, -0.2) is 36.6 Å². The molecule has 0 aliphatic rings. The highest BCUT2D eigenvalue weighted by Gasteiger charge is 2.17. The minimum atomic E-state index is -0.285. The number of hydrogen-bond acceptors (Lipinski definition) is 5. The molecule has 0 radical (unpaired) electrons. The van der Waals surface area contributed by atoms with Gasteiger partial charge in [0.1, 0.15) is 0 Å². The Hall–Kier alpha value is -5.75. The van der Waals surface area contributed by atoms with Crippen molar-refractivity contribution in [1.29, 1.82) is 0 Å². The van der Waals surface area contributed by atoms with Gasteiger partial charge in [-0.3, -0.25) is 9.59 Å². The second-order valence-electron chi connectivity index (χ2n) is 9.99. The molecule has 0 N–H and O–H groups in total. The fourth-order valence-electron chi connectivity index (χ4n) is 4.61. The van der Waals surface area contributed by atoms with Gasteiger partial charge in [0.05, 0.1) is 5.69 Å². The Morgan fingerprint density at radius 3 is 1.80 bits per heavy atom. The van der Waals surface area contributed by atoms with Crippen LogP contribution in [0.5, 0.6) is 0 Å². The molecule has 0 saturated carbocycles. The maximum absolute atomic E-state index is 13.2. The average Bonchev–Trinajstić information content (AvgIpc) is 3.09. The Morgan fingerprint density at radius 1 is 0.682 bits per heavy atom. The molecule has 0 spiro atoms. The van der Waals surface area contributed by atoms with Crippen LogP contribution in [0, 0.1) is 0 Å². The first-order valence-corrected chi connectivity index (χ1v) is 14.4. The summed E-state index contributed by atoms with van der Waals surface area (Å²) in [5.41, 5.74) is 5.29. The summed E-state index contributed by atoms with van der Waals surface area (Å²) in [7, 11) is 1.71. The average molecular weight is 580 g/mol. The zero-order valence-electron chi connectivity index (χ0n) is 24.7. The van der Waals surface area contributed by atoms with E-state index in [4.69, 9.17) is 4.74 Å². The molecule has 0 aliphatic heterocycles. The first-order valence-electron chi connectivity index (χ1n) is 14.4. The molecule has 218 valence electrons. The number of para-hydroxylation sites is 3. The van der Waals surface area contributed by atoms with Crippen molar-refractivity contribution in [1.82, 2.24) is 4.90 Å². The van der Waals surface area contributed by atoms with Crippen molar-refractivity contribution in [3.63, 3.8) is 0 Å². The zero-order chi connectivity index (χ0) is 30.7. The van der Waals surface area contributed by atoms with E-state index in [0.29, 0.717) is 23.4 Å². The van der Waals surface area contributed by atoms with Gasteiger partial charge in [-0.05, 0) is 67.1 Å². The lowest BCUT2D eigenvalue weighted by Crippen LogP contribution is -2.28. The van der Waals surface area contributed by atoms with Gasteiger partial charge < -0.3 is 14.5 Å². The Kier molecular flexibility index (Phi) is 9.75. The van der Waals surface area contributed by atoms with Gasteiger partial charge in [-0.2, -0.15) is 0 Å². The molecule has 1 amide bonds. The molecule has 0 saturated heterocycles. The number of anilines is 3. The molecule has 0 aromatic heterocycles. The summed E-state index contributed by atoms with van der Waals surface area (Å²) >= 11 is 0. The molecule has 0 bridgehead atoms. The molecule has 0 atom stereocenters. The highest BCUT2D eigenvalue weighted by atomic mass is 16.5. The second-order valence-corrected chi connectivity index (χ2v) is 9.99. The van der Waals surface area contributed by atoms with Crippen LogP contribution in [0.2, 0.25) is 0 Å². The van der Waals surface area contributed by atoms with E-state index in [1.54, 1.807) is 54.4 Å². The van der Waals surface area contributed by atoms with Crippen LogP contribution in [0.3, 0.4) is 0 Å². The van der Waals surface area contributed by atoms with Crippen molar-refractivity contribution in [2.24, 2.45) is 4.99 Å². The topological polar surface area (TPSA) is 62.2 Å². The smallest absolute Gasteiger partial charge is 0.289 e. The molecule has 5 rings (SSSR count). The number of benzene rings is 5. The highest BCUT2D eigenvalue weighted by Crippen LogP contribution is 2.34. The van der Waals surface area contributed by atoms with Gasteiger partial charge >= 0.3 is 0 Å². The lowest BCUT2D eigenvalue weighted by Gasteiger charge is -2.25. The summed E-state index contributed by atoms with van der Waals surface area (Å²) in [4.78, 5) is 34.5. The fourth-order valence-corrected chi connectivity index (χ4v) is 4.61. The maximum atomic E-state index is 13.2. The van der Waals surface area contributed by atoms with Crippen LogP contribution < -0.4 is 4.90 Å². The normalized spacial score (nSPS) is 11.3. The number of likely N-dealkylation sites (N-methyl/N-ethyl adjacent to an activating group) is 1. The molecule has 44 heavy (non-hydrogen) atoms. The summed E-state index contributed by atoms with van der Waals surface area (Å²) < 4.78 is 5.85. The first-order chi connectivity index (χ1) is 21.5. The van der Waals surface area contributed by atoms with Crippen molar-refractivity contribution in [3.05, 3.63) is 162 Å². The van der Waals surface area contributed by atoms with Crippen molar-refractivity contribution in [3.8, 4) is 0 Å². The van der Waals surface area contributed by atoms with Crippen molar-refractivity contribution in [2.75, 3.05) is 18.5 Å². The minimum absolute atomic E-state index is 0.112. The largest absolute Gasteiger partial charge is 0.440 e. The number of rotatable bonds is 11. The maximum Gasteiger partial charge on any atom is 0.289 e. The molecule has 0 fully saturated rings. The van der Waals surface area contributed by atoms with E-state index in [1.165, 1.54) is 6.40 Å². The predicted molar refractivity (Wildman–Crippen MR) is 178 cm³/mol. The van der Waals surface area contributed by atoms with Crippen LogP contribution in [0.4, 0.5) is 22.7 Å². The molecular weight excluding hydrogens is 546 g/mol. The Balaban J connectivity index is 1.42. The van der Waals surface area contributed by atoms with Gasteiger partial charge in [-0.1, -0.05) is 91.0 Å². The van der Waals surface area contributed by atoms with E-state index in [9.17, 15) is 9.59 Å². The SMILES string of the molecule is CCN(C)C(=O)/C(=C\c1ccc(N(c2ccccc2)c2ccccc2)cc1)O/C=N\c1ccccc1C(=O)c1ccccc1. The van der Waals surface area contributed by atoms with Gasteiger partial charge in [-0.15, -0.1) is 0 Å². The van der Waals surface area contributed by atoms with E-state index >= 15 is 0 Å². The van der Waals surface area contributed by atoms with Crippen molar-refractivity contribution >= 4 is 46.9 Å². The van der Waals surface area contributed by atoms with E-state index in [0.717, 1.165) is 22.6 Å². The van der Waals surface area contributed by atoms with Crippen LogP contribution >= 0.6 is 0 Å². The summed E-state index contributed by atoms with van der Waals surface area (Å²) in [5.74, 6) is -0.316. The third-order valence-corrected chi connectivity index (χ3v) is 7.07. The number of aliphatic imine (C=N–C) groups is 1. The lowest BCUT2D eigenvalue weighted by atomic mass is 10.0. The Morgan fingerprint density at radius 2 is 1.20 bits per heavy atom. The number of nitrogens with zero attached hydrogens (tertiary/aromatic N) is 3. The molecule has 5 aromatic rings. The quantitative estimate of drug-likeness (QED) is 0.0517. The number of carbonyl (C=O) groups is 2. The van der Waals surface area contributed by atoms with E-state index in [1.807, 2.05) is 85.8 Å². The van der Waals surface area contributed by atoms with E-state index in [-0.39, 0.29) is 17.4 Å². The molecule has 6 nitrogen and oxygen atoms in total. The summed E-state index contributed by atoms with van der Waals surface area (Å²) in [6.07, 6.45) is 2.91. The van der Waals surface area contributed by atoms with Crippen molar-refractivity contribution < 1.29 is 14.3 Å². The van der Waals surface area contributed by atoms with E-state index in [2.05, 4.69) is 34.2 Å². The molecule has 0 aliphatic carbocycles. The van der Waals surface area contributed by atoms with Gasteiger partial charge in [0.25, 0.3) is 5.91 Å². The van der Waals surface area contributed by atoms with Crippen LogP contribution in [0.15, 0.2) is 150 Å². The van der Waals surface area contributed by atoms with Crippen LogP contribution in [0.25, 0.3) is 6.08 Å². The van der Waals surface area contributed by atoms with Gasteiger partial charge in [0.15, 0.2) is 17.9 Å². The monoisotopic (exact) mass is 579 g/mol. The first kappa shape index (κ1) is 29.7. The Bertz CT molecular complexity index is 1710. The summed E-state index contributed by atoms with van der Waals surface area (Å²) in [5, 5.41) is 0. The number of ketones is 1. The lowest BCUT2D eigenvalue weighted by molar-refractivity contribution is -0.127. The number of hydrogen-bond donors (Lipinski definition) is 0. The Labute approximate surface area is 258 Å². The predicted octanol–water partition coefficient (Wildman–Crippen LogP) is 8.58. The van der Waals surface area contributed by atoms with Crippen LogP contribution in [-0.2, 0) is 9.53 Å². The van der Waals surface area contributed by atoms with Gasteiger partial charge in [0, 0.05) is 41.8 Å². The van der Waals surface area contributed by atoms with E-state index < -0.39 is 0 Å².